The van der Waals surface area contributed by atoms with Crippen LogP contribution in [0.1, 0.15) is 27.8 Å². The number of ether oxygens (including phenoxy) is 1. The fraction of sp³-hybridized carbons (Fsp3) is 0.400. The van der Waals surface area contributed by atoms with Crippen molar-refractivity contribution in [2.45, 2.75) is 33.4 Å². The van der Waals surface area contributed by atoms with Gasteiger partial charge in [-0.05, 0) is 47.7 Å². The van der Waals surface area contributed by atoms with Crippen LogP contribution in [-0.4, -0.2) is 42.6 Å². The van der Waals surface area contributed by atoms with Crippen LogP contribution >= 0.6 is 0 Å². The average molecular weight is 405 g/mol. The molecule has 1 saturated heterocycles. The lowest BCUT2D eigenvalue weighted by Crippen LogP contribution is -2.45. The summed E-state index contributed by atoms with van der Waals surface area (Å²) < 4.78 is 11.1. The summed E-state index contributed by atoms with van der Waals surface area (Å²) in [6, 6.07) is 12.5. The van der Waals surface area contributed by atoms with Crippen LogP contribution in [0.25, 0.3) is 11.0 Å². The molecule has 30 heavy (non-hydrogen) atoms. The zero-order chi connectivity index (χ0) is 20.7. The molecule has 0 bridgehead atoms. The molecule has 0 saturated carbocycles. The minimum Gasteiger partial charge on any atom is -0.493 e. The summed E-state index contributed by atoms with van der Waals surface area (Å²) in [6.07, 6.45) is 1.02. The van der Waals surface area contributed by atoms with E-state index in [1.807, 2.05) is 6.92 Å². The fourth-order valence-electron chi connectivity index (χ4n) is 4.60. The third-order valence-corrected chi connectivity index (χ3v) is 6.54. The molecule has 0 radical (unpaired) electrons. The van der Waals surface area contributed by atoms with E-state index in [1.54, 1.807) is 6.07 Å². The number of hydrogen-bond donors (Lipinski definition) is 0. The third kappa shape index (κ3) is 3.75. The molecule has 0 aliphatic carbocycles. The van der Waals surface area contributed by atoms with Gasteiger partial charge in [0, 0.05) is 57.1 Å². The van der Waals surface area contributed by atoms with Crippen LogP contribution < -0.4 is 10.4 Å². The second kappa shape index (κ2) is 7.89. The van der Waals surface area contributed by atoms with Crippen molar-refractivity contribution in [1.29, 1.82) is 0 Å². The molecule has 5 nitrogen and oxygen atoms in total. The van der Waals surface area contributed by atoms with E-state index in [4.69, 9.17) is 9.15 Å². The van der Waals surface area contributed by atoms with Gasteiger partial charge in [0.25, 0.3) is 0 Å². The predicted octanol–water partition coefficient (Wildman–Crippen LogP) is 3.66. The third-order valence-electron chi connectivity index (χ3n) is 6.54. The molecule has 0 N–H and O–H groups in total. The molecule has 1 aromatic heterocycles. The molecule has 0 atom stereocenters. The van der Waals surface area contributed by atoms with Crippen molar-refractivity contribution in [3.05, 3.63) is 74.6 Å². The molecule has 2 aromatic carbocycles. The summed E-state index contributed by atoms with van der Waals surface area (Å²) in [5.41, 5.74) is 6.45. The molecule has 3 heterocycles. The smallest absolute Gasteiger partial charge is 0.336 e. The first-order valence-corrected chi connectivity index (χ1v) is 10.8. The van der Waals surface area contributed by atoms with Crippen LogP contribution in [0.3, 0.4) is 0 Å². The summed E-state index contributed by atoms with van der Waals surface area (Å²) in [5.74, 6) is 1.05. The molecule has 0 amide bonds. The molecule has 0 spiro atoms. The van der Waals surface area contributed by atoms with E-state index in [0.717, 1.165) is 85.7 Å². The molecule has 0 unspecified atom stereocenters. The Bertz CT molecular complexity index is 1140. The van der Waals surface area contributed by atoms with Gasteiger partial charge in [-0.2, -0.15) is 0 Å². The lowest BCUT2D eigenvalue weighted by Gasteiger charge is -2.35. The molecule has 5 rings (SSSR count). The monoisotopic (exact) mass is 404 g/mol. The van der Waals surface area contributed by atoms with Gasteiger partial charge in [0.2, 0.25) is 0 Å². The second-order valence-corrected chi connectivity index (χ2v) is 8.57. The van der Waals surface area contributed by atoms with E-state index >= 15 is 0 Å². The Morgan fingerprint density at radius 3 is 2.50 bits per heavy atom. The molecule has 2 aliphatic heterocycles. The first kappa shape index (κ1) is 19.3. The number of aryl methyl sites for hydroxylation is 2. The van der Waals surface area contributed by atoms with Crippen molar-refractivity contribution in [2.24, 2.45) is 0 Å². The zero-order valence-electron chi connectivity index (χ0n) is 17.7. The number of fused-ring (bicyclic) bond motifs is 2. The van der Waals surface area contributed by atoms with Gasteiger partial charge in [-0.25, -0.2) is 4.79 Å². The van der Waals surface area contributed by atoms with Crippen LogP contribution in [0.4, 0.5) is 0 Å². The molecular formula is C25H28N2O3. The second-order valence-electron chi connectivity index (χ2n) is 8.57. The highest BCUT2D eigenvalue weighted by atomic mass is 16.5. The van der Waals surface area contributed by atoms with Crippen LogP contribution in [-0.2, 0) is 19.5 Å². The van der Waals surface area contributed by atoms with Gasteiger partial charge in [-0.3, -0.25) is 9.80 Å². The Morgan fingerprint density at radius 1 is 0.933 bits per heavy atom. The van der Waals surface area contributed by atoms with Gasteiger partial charge in [0.05, 0.1) is 6.61 Å². The number of nitrogens with zero attached hydrogens (tertiary/aromatic N) is 2. The van der Waals surface area contributed by atoms with E-state index in [0.29, 0.717) is 0 Å². The predicted molar refractivity (Wildman–Crippen MR) is 118 cm³/mol. The molecule has 3 aromatic rings. The fourth-order valence-corrected chi connectivity index (χ4v) is 4.60. The molecule has 2 aliphatic rings. The van der Waals surface area contributed by atoms with Crippen molar-refractivity contribution in [3.8, 4) is 5.75 Å². The van der Waals surface area contributed by atoms with Gasteiger partial charge >= 0.3 is 5.63 Å². The average Bonchev–Trinajstić information content (AvgIpc) is 3.20. The summed E-state index contributed by atoms with van der Waals surface area (Å²) in [5, 5.41) is 1.06. The number of rotatable bonds is 4. The van der Waals surface area contributed by atoms with Crippen LogP contribution in [0, 0.1) is 13.8 Å². The van der Waals surface area contributed by atoms with Gasteiger partial charge in [-0.1, -0.05) is 24.3 Å². The van der Waals surface area contributed by atoms with Gasteiger partial charge in [0.15, 0.2) is 0 Å². The molecule has 1 fully saturated rings. The Morgan fingerprint density at radius 2 is 1.70 bits per heavy atom. The van der Waals surface area contributed by atoms with Gasteiger partial charge < -0.3 is 9.15 Å². The maximum atomic E-state index is 12.1. The van der Waals surface area contributed by atoms with Crippen molar-refractivity contribution in [1.82, 2.24) is 9.80 Å². The van der Waals surface area contributed by atoms with E-state index in [-0.39, 0.29) is 5.63 Å². The largest absolute Gasteiger partial charge is 0.493 e. The van der Waals surface area contributed by atoms with E-state index < -0.39 is 0 Å². The Labute approximate surface area is 176 Å². The highest BCUT2D eigenvalue weighted by Gasteiger charge is 2.20. The Kier molecular flexibility index (Phi) is 5.09. The van der Waals surface area contributed by atoms with Crippen LogP contribution in [0.5, 0.6) is 5.75 Å². The van der Waals surface area contributed by atoms with Crippen LogP contribution in [0.2, 0.25) is 0 Å². The highest BCUT2D eigenvalue weighted by Crippen LogP contribution is 2.27. The lowest BCUT2D eigenvalue weighted by atomic mass is 10.0. The van der Waals surface area contributed by atoms with E-state index in [9.17, 15) is 4.79 Å². The van der Waals surface area contributed by atoms with Gasteiger partial charge in [0.1, 0.15) is 11.3 Å². The van der Waals surface area contributed by atoms with E-state index in [1.165, 1.54) is 11.1 Å². The summed E-state index contributed by atoms with van der Waals surface area (Å²) in [6.45, 7) is 10.7. The standard InChI is InChI=1S/C25H28N2O3/c1-17-3-5-22-21(14-24(28)30-25(22)18(17)2)16-27-10-8-26(9-11-27)15-19-4-6-23-20(13-19)7-12-29-23/h3-6,13-14H,7-12,15-16H2,1-2H3. The first-order valence-electron chi connectivity index (χ1n) is 10.8. The molecule has 5 heteroatoms. The minimum absolute atomic E-state index is 0.259. The maximum Gasteiger partial charge on any atom is 0.336 e. The van der Waals surface area contributed by atoms with Crippen molar-refractivity contribution >= 4 is 11.0 Å². The molecular weight excluding hydrogens is 376 g/mol. The number of piperazine rings is 1. The SMILES string of the molecule is Cc1ccc2c(CN3CCN(Cc4ccc5c(c4)CCO5)CC3)cc(=O)oc2c1C. The topological polar surface area (TPSA) is 45.9 Å². The normalized spacial score (nSPS) is 17.3. The first-order chi connectivity index (χ1) is 14.6. The van der Waals surface area contributed by atoms with Gasteiger partial charge in [-0.15, -0.1) is 0 Å². The molecule has 156 valence electrons. The van der Waals surface area contributed by atoms with E-state index in [2.05, 4.69) is 47.1 Å². The number of hydrogen-bond acceptors (Lipinski definition) is 5. The maximum absolute atomic E-state index is 12.1. The van der Waals surface area contributed by atoms with Crippen molar-refractivity contribution in [2.75, 3.05) is 32.8 Å². The van der Waals surface area contributed by atoms with Crippen molar-refractivity contribution in [3.63, 3.8) is 0 Å². The highest BCUT2D eigenvalue weighted by molar-refractivity contribution is 5.83. The van der Waals surface area contributed by atoms with Crippen molar-refractivity contribution < 1.29 is 9.15 Å². The Balaban J connectivity index is 1.25. The number of benzene rings is 2. The summed E-state index contributed by atoms with van der Waals surface area (Å²) >= 11 is 0. The summed E-state index contributed by atoms with van der Waals surface area (Å²) in [4.78, 5) is 17.1. The zero-order valence-corrected chi connectivity index (χ0v) is 17.7. The Hall–Kier alpha value is -2.63. The quantitative estimate of drug-likeness (QED) is 0.621. The lowest BCUT2D eigenvalue weighted by molar-refractivity contribution is 0.122. The summed E-state index contributed by atoms with van der Waals surface area (Å²) in [7, 11) is 0. The van der Waals surface area contributed by atoms with Crippen LogP contribution in [0.15, 0.2) is 45.6 Å². The minimum atomic E-state index is -0.259.